The minimum atomic E-state index is -0.841. The van der Waals surface area contributed by atoms with Gasteiger partial charge in [0.05, 0.1) is 16.0 Å². The monoisotopic (exact) mass is 299 g/mol. The molecule has 1 aliphatic rings. The quantitative estimate of drug-likeness (QED) is 0.371. The summed E-state index contributed by atoms with van der Waals surface area (Å²) in [6.07, 6.45) is 9.20. The van der Waals surface area contributed by atoms with E-state index in [4.69, 9.17) is 11.5 Å². The summed E-state index contributed by atoms with van der Waals surface area (Å²) in [5, 5.41) is 17.7. The fourth-order valence-corrected chi connectivity index (χ4v) is 2.15. The van der Waals surface area contributed by atoms with Crippen LogP contribution in [0.1, 0.15) is 12.0 Å². The minimum absolute atomic E-state index is 0.0254. The second kappa shape index (κ2) is 6.00. The van der Waals surface area contributed by atoms with Crippen LogP contribution in [-0.4, -0.2) is 23.4 Å². The van der Waals surface area contributed by atoms with Gasteiger partial charge in [-0.05, 0) is 17.7 Å². The zero-order valence-electron chi connectivity index (χ0n) is 11.9. The van der Waals surface area contributed by atoms with Crippen LogP contribution in [0.15, 0.2) is 58.8 Å². The molecule has 0 heterocycles. The second-order valence-corrected chi connectivity index (χ2v) is 5.16. The summed E-state index contributed by atoms with van der Waals surface area (Å²) in [4.78, 5) is 10.2. The molecule has 2 rings (SSSR count). The van der Waals surface area contributed by atoms with Crippen molar-refractivity contribution in [3.05, 3.63) is 64.2 Å². The van der Waals surface area contributed by atoms with Crippen LogP contribution < -0.4 is 11.5 Å². The van der Waals surface area contributed by atoms with Gasteiger partial charge in [-0.2, -0.15) is 10.2 Å². The molecule has 0 bridgehead atoms. The number of non-ortho nitro benzene ring substituents is 1. The second-order valence-electron chi connectivity index (χ2n) is 5.16. The normalized spacial score (nSPS) is 27.2. The summed E-state index contributed by atoms with van der Waals surface area (Å²) in [7, 11) is 0. The zero-order valence-corrected chi connectivity index (χ0v) is 11.9. The molecule has 7 nitrogen and oxygen atoms in total. The lowest BCUT2D eigenvalue weighted by Gasteiger charge is -2.31. The number of nitrogens with zero attached hydrogens (tertiary/aromatic N) is 3. The van der Waals surface area contributed by atoms with Crippen LogP contribution in [0, 0.1) is 10.1 Å². The van der Waals surface area contributed by atoms with E-state index < -0.39 is 16.0 Å². The number of rotatable bonds is 5. The van der Waals surface area contributed by atoms with E-state index in [-0.39, 0.29) is 5.69 Å². The first-order valence-electron chi connectivity index (χ1n) is 6.60. The number of nitro benzene ring substituents is 1. The van der Waals surface area contributed by atoms with Crippen LogP contribution in [0.5, 0.6) is 0 Å². The number of nitrogens with two attached hydrogens (primary N) is 2. The smallest absolute Gasteiger partial charge is 0.269 e. The third-order valence-corrected chi connectivity index (χ3v) is 3.53. The molecule has 0 aliphatic heterocycles. The molecule has 0 saturated carbocycles. The van der Waals surface area contributed by atoms with Crippen molar-refractivity contribution < 1.29 is 4.92 Å². The van der Waals surface area contributed by atoms with Crippen molar-refractivity contribution in [2.75, 3.05) is 0 Å². The predicted octanol–water partition coefficient (Wildman–Crippen LogP) is 1.65. The standard InChI is InChI=1S/C15H17N5O2/c1-18-19-11-10-14(16)6-8-15(17,9-7-14)12-2-4-13(5-3-12)20(21)22/h2-9,11H,1,10,16-17H2. The van der Waals surface area contributed by atoms with E-state index in [1.54, 1.807) is 42.7 Å². The first-order valence-corrected chi connectivity index (χ1v) is 6.60. The molecular formula is C15H17N5O2. The van der Waals surface area contributed by atoms with E-state index in [2.05, 4.69) is 16.9 Å². The highest BCUT2D eigenvalue weighted by Gasteiger charge is 2.29. The molecule has 0 saturated heterocycles. The molecule has 22 heavy (non-hydrogen) atoms. The summed E-state index contributed by atoms with van der Waals surface area (Å²) in [5.41, 5.74) is 11.8. The van der Waals surface area contributed by atoms with Gasteiger partial charge in [0.25, 0.3) is 5.69 Å². The average molecular weight is 299 g/mol. The number of nitro groups is 1. The van der Waals surface area contributed by atoms with Gasteiger partial charge in [-0.15, -0.1) is 0 Å². The fourth-order valence-electron chi connectivity index (χ4n) is 2.15. The molecule has 4 N–H and O–H groups in total. The van der Waals surface area contributed by atoms with Crippen molar-refractivity contribution in [1.82, 2.24) is 0 Å². The maximum atomic E-state index is 10.7. The van der Waals surface area contributed by atoms with Crippen LogP contribution in [0.3, 0.4) is 0 Å². The Bertz CT molecular complexity index is 647. The van der Waals surface area contributed by atoms with Crippen LogP contribution in [-0.2, 0) is 5.54 Å². The molecule has 114 valence electrons. The third-order valence-electron chi connectivity index (χ3n) is 3.53. The van der Waals surface area contributed by atoms with Crippen LogP contribution >= 0.6 is 0 Å². The Labute approximate surface area is 127 Å². The highest BCUT2D eigenvalue weighted by molar-refractivity contribution is 5.62. The van der Waals surface area contributed by atoms with Crippen molar-refractivity contribution >= 4 is 18.6 Å². The van der Waals surface area contributed by atoms with E-state index in [1.165, 1.54) is 12.1 Å². The molecule has 0 amide bonds. The van der Waals surface area contributed by atoms with Crippen molar-refractivity contribution in [3.8, 4) is 0 Å². The maximum Gasteiger partial charge on any atom is 0.269 e. The van der Waals surface area contributed by atoms with Gasteiger partial charge in [0.15, 0.2) is 0 Å². The van der Waals surface area contributed by atoms with Gasteiger partial charge in [-0.25, -0.2) is 0 Å². The molecule has 0 spiro atoms. The predicted molar refractivity (Wildman–Crippen MR) is 86.8 cm³/mol. The van der Waals surface area contributed by atoms with Crippen molar-refractivity contribution in [1.29, 1.82) is 0 Å². The first kappa shape index (κ1) is 15.7. The van der Waals surface area contributed by atoms with Gasteiger partial charge < -0.3 is 11.5 Å². The lowest BCUT2D eigenvalue weighted by atomic mass is 9.80. The molecule has 7 heteroatoms. The Morgan fingerprint density at radius 1 is 1.18 bits per heavy atom. The van der Waals surface area contributed by atoms with E-state index in [0.717, 1.165) is 5.56 Å². The highest BCUT2D eigenvalue weighted by atomic mass is 16.6. The lowest BCUT2D eigenvalue weighted by Crippen LogP contribution is -2.43. The summed E-state index contributed by atoms with van der Waals surface area (Å²) < 4.78 is 0. The molecule has 1 aromatic rings. The largest absolute Gasteiger partial charge is 0.318 e. The first-order chi connectivity index (χ1) is 10.4. The summed E-state index contributed by atoms with van der Waals surface area (Å²) in [6.45, 7) is 3.26. The third kappa shape index (κ3) is 3.33. The Hall–Kier alpha value is -2.64. The summed E-state index contributed by atoms with van der Waals surface area (Å²) >= 11 is 0. The Kier molecular flexibility index (Phi) is 4.30. The Balaban J connectivity index is 2.20. The molecular weight excluding hydrogens is 282 g/mol. The number of benzene rings is 1. The van der Waals surface area contributed by atoms with Crippen molar-refractivity contribution in [2.45, 2.75) is 17.5 Å². The zero-order chi connectivity index (χ0) is 16.2. The van der Waals surface area contributed by atoms with Gasteiger partial charge >= 0.3 is 0 Å². The molecule has 0 aromatic heterocycles. The van der Waals surface area contributed by atoms with Crippen molar-refractivity contribution in [3.63, 3.8) is 0 Å². The number of hydrogen-bond acceptors (Lipinski definition) is 6. The SMILES string of the molecule is C=NN=CCC1(N)C=CC(N)(c2ccc([N+](=O)[O-])cc2)C=C1. The van der Waals surface area contributed by atoms with Gasteiger partial charge in [-0.3, -0.25) is 10.1 Å². The van der Waals surface area contributed by atoms with Gasteiger partial charge in [0.1, 0.15) is 0 Å². The lowest BCUT2D eigenvalue weighted by molar-refractivity contribution is -0.384. The molecule has 0 fully saturated rings. The van der Waals surface area contributed by atoms with Crippen LogP contribution in [0.2, 0.25) is 0 Å². The number of hydrogen-bond donors (Lipinski definition) is 2. The fraction of sp³-hybridized carbons (Fsp3) is 0.200. The molecule has 0 radical (unpaired) electrons. The summed E-state index contributed by atoms with van der Waals surface area (Å²) in [6, 6.07) is 6.13. The highest BCUT2D eigenvalue weighted by Crippen LogP contribution is 2.29. The van der Waals surface area contributed by atoms with Gasteiger partial charge in [0.2, 0.25) is 0 Å². The molecule has 0 unspecified atom stereocenters. The van der Waals surface area contributed by atoms with Gasteiger partial charge in [0, 0.05) is 31.5 Å². The van der Waals surface area contributed by atoms with E-state index in [1.807, 2.05) is 0 Å². The summed E-state index contributed by atoms with van der Waals surface area (Å²) in [5.74, 6) is 0. The van der Waals surface area contributed by atoms with Crippen LogP contribution in [0.4, 0.5) is 5.69 Å². The van der Waals surface area contributed by atoms with Crippen molar-refractivity contribution in [2.24, 2.45) is 21.7 Å². The van der Waals surface area contributed by atoms with Gasteiger partial charge in [-0.1, -0.05) is 24.3 Å². The molecule has 1 aromatic carbocycles. The topological polar surface area (TPSA) is 120 Å². The Morgan fingerprint density at radius 2 is 1.77 bits per heavy atom. The van der Waals surface area contributed by atoms with E-state index in [9.17, 15) is 10.1 Å². The minimum Gasteiger partial charge on any atom is -0.318 e. The maximum absolute atomic E-state index is 10.7. The average Bonchev–Trinajstić information content (AvgIpc) is 2.51. The van der Waals surface area contributed by atoms with E-state index >= 15 is 0 Å². The Morgan fingerprint density at radius 3 is 2.27 bits per heavy atom. The molecule has 1 aliphatic carbocycles. The van der Waals surface area contributed by atoms with E-state index in [0.29, 0.717) is 6.42 Å². The van der Waals surface area contributed by atoms with Crippen LogP contribution in [0.25, 0.3) is 0 Å². The molecule has 0 atom stereocenters.